The quantitative estimate of drug-likeness (QED) is 0.854. The number of benzene rings is 1. The molecule has 1 aliphatic heterocycles. The molecule has 1 aromatic rings. The summed E-state index contributed by atoms with van der Waals surface area (Å²) in [5.41, 5.74) is 3.66. The van der Waals surface area contributed by atoms with E-state index in [1.165, 1.54) is 22.9 Å². The molecule has 2 rings (SSSR count). The Hall–Kier alpha value is -0.910. The number of sulfone groups is 1. The Bertz CT molecular complexity index is 598. The number of morpholine rings is 1. The lowest BCUT2D eigenvalue weighted by Crippen LogP contribution is -2.46. The highest BCUT2D eigenvalue weighted by atomic mass is 32.2. The van der Waals surface area contributed by atoms with Gasteiger partial charge in [0, 0.05) is 25.4 Å². The van der Waals surface area contributed by atoms with Crippen LogP contribution in [0.3, 0.4) is 0 Å². The van der Waals surface area contributed by atoms with Crippen molar-refractivity contribution in [1.29, 1.82) is 0 Å². The molecule has 0 radical (unpaired) electrons. The first-order chi connectivity index (χ1) is 9.76. The summed E-state index contributed by atoms with van der Waals surface area (Å²) in [7, 11) is -2.93. The predicted molar refractivity (Wildman–Crippen MR) is 85.4 cm³/mol. The molecule has 0 spiro atoms. The molecule has 0 aromatic heterocycles. The molecule has 0 unspecified atom stereocenters. The number of ether oxygens (including phenoxy) is 1. The summed E-state index contributed by atoms with van der Waals surface area (Å²) < 4.78 is 28.7. The Morgan fingerprint density at radius 2 is 2.05 bits per heavy atom. The van der Waals surface area contributed by atoms with E-state index < -0.39 is 9.84 Å². The molecule has 0 N–H and O–H groups in total. The zero-order valence-electron chi connectivity index (χ0n) is 13.3. The minimum atomic E-state index is -2.93. The SMILES string of the molecule is Cc1ccc(C)c([C@H]2CN(CCS(C)(=O)=O)[C@@H](C)CO2)c1. The van der Waals surface area contributed by atoms with E-state index in [4.69, 9.17) is 4.74 Å². The minimum absolute atomic E-state index is 0.0284. The van der Waals surface area contributed by atoms with Crippen LogP contribution in [0.25, 0.3) is 0 Å². The summed E-state index contributed by atoms with van der Waals surface area (Å²) in [6.45, 7) is 8.22. The van der Waals surface area contributed by atoms with Crippen LogP contribution in [0.4, 0.5) is 0 Å². The molecule has 1 saturated heterocycles. The van der Waals surface area contributed by atoms with Crippen LogP contribution in [-0.2, 0) is 14.6 Å². The fourth-order valence-electron chi connectivity index (χ4n) is 2.70. The van der Waals surface area contributed by atoms with Crippen LogP contribution in [0.2, 0.25) is 0 Å². The van der Waals surface area contributed by atoms with E-state index in [1.807, 2.05) is 0 Å². The molecule has 1 heterocycles. The number of hydrogen-bond acceptors (Lipinski definition) is 4. The first kappa shape index (κ1) is 16.5. The third-order valence-electron chi connectivity index (χ3n) is 4.09. The van der Waals surface area contributed by atoms with Crippen molar-refractivity contribution >= 4 is 9.84 Å². The Morgan fingerprint density at radius 1 is 1.33 bits per heavy atom. The molecule has 118 valence electrons. The summed E-state index contributed by atoms with van der Waals surface area (Å²) >= 11 is 0. The van der Waals surface area contributed by atoms with Gasteiger partial charge in [-0.2, -0.15) is 0 Å². The van der Waals surface area contributed by atoms with E-state index in [2.05, 4.69) is 43.9 Å². The molecule has 0 amide bonds. The summed E-state index contributed by atoms with van der Waals surface area (Å²) in [6, 6.07) is 6.65. The molecule has 5 heteroatoms. The van der Waals surface area contributed by atoms with Gasteiger partial charge in [0.25, 0.3) is 0 Å². The Labute approximate surface area is 128 Å². The fourth-order valence-corrected chi connectivity index (χ4v) is 3.26. The molecule has 1 aliphatic rings. The van der Waals surface area contributed by atoms with Gasteiger partial charge in [-0.05, 0) is 31.9 Å². The Kier molecular flexibility index (Phi) is 5.07. The normalized spacial score (nSPS) is 24.2. The molecule has 0 aliphatic carbocycles. The smallest absolute Gasteiger partial charge is 0.148 e. The second-order valence-electron chi connectivity index (χ2n) is 6.16. The van der Waals surface area contributed by atoms with Crippen molar-refractivity contribution in [2.75, 3.05) is 31.7 Å². The van der Waals surface area contributed by atoms with Gasteiger partial charge in [0.2, 0.25) is 0 Å². The van der Waals surface area contributed by atoms with Crippen LogP contribution in [0.5, 0.6) is 0 Å². The molecule has 4 nitrogen and oxygen atoms in total. The van der Waals surface area contributed by atoms with Crippen LogP contribution < -0.4 is 0 Å². The maximum Gasteiger partial charge on any atom is 0.148 e. The lowest BCUT2D eigenvalue weighted by Gasteiger charge is -2.38. The summed E-state index contributed by atoms with van der Waals surface area (Å²) in [5.74, 6) is 0.205. The highest BCUT2D eigenvalue weighted by molar-refractivity contribution is 7.90. The predicted octanol–water partition coefficient (Wildman–Crippen LogP) is 2.11. The van der Waals surface area contributed by atoms with E-state index >= 15 is 0 Å². The molecular formula is C16H25NO3S. The van der Waals surface area contributed by atoms with Gasteiger partial charge in [-0.1, -0.05) is 23.8 Å². The van der Waals surface area contributed by atoms with Gasteiger partial charge in [-0.3, -0.25) is 4.90 Å². The van der Waals surface area contributed by atoms with E-state index in [0.717, 1.165) is 6.54 Å². The van der Waals surface area contributed by atoms with E-state index in [0.29, 0.717) is 13.2 Å². The monoisotopic (exact) mass is 311 g/mol. The molecule has 0 saturated carbocycles. The maximum atomic E-state index is 11.4. The number of nitrogens with zero attached hydrogens (tertiary/aromatic N) is 1. The largest absolute Gasteiger partial charge is 0.371 e. The van der Waals surface area contributed by atoms with E-state index in [9.17, 15) is 8.42 Å². The highest BCUT2D eigenvalue weighted by Crippen LogP contribution is 2.27. The van der Waals surface area contributed by atoms with Gasteiger partial charge in [0.15, 0.2) is 0 Å². The van der Waals surface area contributed by atoms with Crippen molar-refractivity contribution in [2.45, 2.75) is 32.9 Å². The Balaban J connectivity index is 2.11. The summed E-state index contributed by atoms with van der Waals surface area (Å²) in [4.78, 5) is 2.22. The standard InChI is InChI=1S/C16H25NO3S/c1-12-5-6-13(2)15(9-12)16-10-17(14(3)11-20-16)7-8-21(4,18)19/h5-6,9,14,16H,7-8,10-11H2,1-4H3/t14-,16+/m0/s1. The zero-order valence-corrected chi connectivity index (χ0v) is 14.1. The van der Waals surface area contributed by atoms with Crippen molar-refractivity contribution < 1.29 is 13.2 Å². The van der Waals surface area contributed by atoms with Crippen LogP contribution >= 0.6 is 0 Å². The third kappa shape index (κ3) is 4.53. The van der Waals surface area contributed by atoms with Crippen molar-refractivity contribution in [2.24, 2.45) is 0 Å². The van der Waals surface area contributed by atoms with Gasteiger partial charge in [0.1, 0.15) is 9.84 Å². The van der Waals surface area contributed by atoms with Crippen LogP contribution in [0, 0.1) is 13.8 Å². The van der Waals surface area contributed by atoms with Gasteiger partial charge in [0.05, 0.1) is 18.5 Å². The summed E-state index contributed by atoms with van der Waals surface area (Å²) in [6.07, 6.45) is 1.32. The van der Waals surface area contributed by atoms with Crippen molar-refractivity contribution in [1.82, 2.24) is 4.90 Å². The van der Waals surface area contributed by atoms with Gasteiger partial charge in [-0.15, -0.1) is 0 Å². The number of aryl methyl sites for hydroxylation is 2. The maximum absolute atomic E-state index is 11.4. The number of rotatable bonds is 4. The van der Waals surface area contributed by atoms with E-state index in [1.54, 1.807) is 0 Å². The second kappa shape index (κ2) is 6.46. The molecule has 0 bridgehead atoms. The molecule has 1 fully saturated rings. The first-order valence-corrected chi connectivity index (χ1v) is 9.43. The first-order valence-electron chi connectivity index (χ1n) is 7.37. The topological polar surface area (TPSA) is 46.6 Å². The Morgan fingerprint density at radius 3 is 2.71 bits per heavy atom. The van der Waals surface area contributed by atoms with Crippen LogP contribution in [-0.4, -0.2) is 51.1 Å². The highest BCUT2D eigenvalue weighted by Gasteiger charge is 2.28. The summed E-state index contributed by atoms with van der Waals surface area (Å²) in [5, 5.41) is 0. The molecule has 1 aromatic carbocycles. The molecule has 21 heavy (non-hydrogen) atoms. The average molecular weight is 311 g/mol. The van der Waals surface area contributed by atoms with Crippen molar-refractivity contribution in [3.8, 4) is 0 Å². The molecular weight excluding hydrogens is 286 g/mol. The van der Waals surface area contributed by atoms with Gasteiger partial charge >= 0.3 is 0 Å². The zero-order chi connectivity index (χ0) is 15.6. The minimum Gasteiger partial charge on any atom is -0.371 e. The van der Waals surface area contributed by atoms with Crippen molar-refractivity contribution in [3.05, 3.63) is 34.9 Å². The molecule has 2 atom stereocenters. The van der Waals surface area contributed by atoms with Crippen LogP contribution in [0.1, 0.15) is 29.7 Å². The van der Waals surface area contributed by atoms with E-state index in [-0.39, 0.29) is 17.9 Å². The van der Waals surface area contributed by atoms with Crippen molar-refractivity contribution in [3.63, 3.8) is 0 Å². The third-order valence-corrected chi connectivity index (χ3v) is 5.02. The van der Waals surface area contributed by atoms with Gasteiger partial charge < -0.3 is 4.74 Å². The van der Waals surface area contributed by atoms with Crippen LogP contribution in [0.15, 0.2) is 18.2 Å². The second-order valence-corrected chi connectivity index (χ2v) is 8.42. The lowest BCUT2D eigenvalue weighted by atomic mass is 9.99. The van der Waals surface area contributed by atoms with Gasteiger partial charge in [-0.25, -0.2) is 8.42 Å². The lowest BCUT2D eigenvalue weighted by molar-refractivity contribution is -0.0580. The number of hydrogen-bond donors (Lipinski definition) is 0. The fraction of sp³-hybridized carbons (Fsp3) is 0.625. The average Bonchev–Trinajstić information content (AvgIpc) is 2.40.